The van der Waals surface area contributed by atoms with Crippen LogP contribution in [0, 0.1) is 13.8 Å². The molecular weight excluding hydrogens is 328 g/mol. The van der Waals surface area contributed by atoms with E-state index in [-0.39, 0.29) is 12.5 Å². The molecule has 0 fully saturated rings. The Morgan fingerprint density at radius 1 is 1.15 bits per heavy atom. The number of methoxy groups -OCH3 is 1. The van der Waals surface area contributed by atoms with E-state index in [2.05, 4.69) is 15.6 Å². The molecule has 6 heteroatoms. The number of aromatic nitrogens is 2. The Bertz CT molecular complexity index is 989. The number of nitrogens with one attached hydrogen (secondary N) is 1. The Morgan fingerprint density at radius 2 is 1.88 bits per heavy atom. The summed E-state index contributed by atoms with van der Waals surface area (Å²) in [6.07, 6.45) is 0. The SMILES string of the molecule is COc1ccc2cc(/C(C)=N\NC(=O)Cn3nc(C)cc3C)ccc2c1. The molecule has 1 aromatic heterocycles. The highest BCUT2D eigenvalue weighted by atomic mass is 16.5. The van der Waals surface area contributed by atoms with Crippen molar-refractivity contribution in [1.82, 2.24) is 15.2 Å². The van der Waals surface area contributed by atoms with E-state index in [1.807, 2.05) is 63.2 Å². The number of ether oxygens (including phenoxy) is 1. The molecule has 6 nitrogen and oxygen atoms in total. The number of amides is 1. The summed E-state index contributed by atoms with van der Waals surface area (Å²) in [5.74, 6) is 0.619. The Labute approximate surface area is 152 Å². The fraction of sp³-hybridized carbons (Fsp3) is 0.250. The lowest BCUT2D eigenvalue weighted by molar-refractivity contribution is -0.121. The first-order valence-electron chi connectivity index (χ1n) is 8.38. The molecule has 1 heterocycles. The van der Waals surface area contributed by atoms with Crippen molar-refractivity contribution in [1.29, 1.82) is 0 Å². The fourth-order valence-electron chi connectivity index (χ4n) is 2.79. The number of benzene rings is 2. The van der Waals surface area contributed by atoms with Crippen LogP contribution in [-0.2, 0) is 11.3 Å². The standard InChI is InChI=1S/C20H22N4O2/c1-13-9-14(2)24(23-13)12-20(25)22-21-15(3)16-5-6-18-11-19(26-4)8-7-17(18)10-16/h5-11H,12H2,1-4H3,(H,22,25)/b21-15-. The number of hydrogen-bond donors (Lipinski definition) is 1. The van der Waals surface area contributed by atoms with Crippen molar-refractivity contribution in [2.75, 3.05) is 7.11 Å². The van der Waals surface area contributed by atoms with Gasteiger partial charge in [-0.25, -0.2) is 5.43 Å². The van der Waals surface area contributed by atoms with Gasteiger partial charge in [-0.15, -0.1) is 0 Å². The number of nitrogens with zero attached hydrogens (tertiary/aromatic N) is 3. The van der Waals surface area contributed by atoms with Crippen LogP contribution in [0.25, 0.3) is 10.8 Å². The lowest BCUT2D eigenvalue weighted by atomic mass is 10.0. The van der Waals surface area contributed by atoms with Gasteiger partial charge in [0.25, 0.3) is 5.91 Å². The van der Waals surface area contributed by atoms with Gasteiger partial charge in [-0.05, 0) is 61.4 Å². The first kappa shape index (κ1) is 17.7. The van der Waals surface area contributed by atoms with Crippen LogP contribution in [0.1, 0.15) is 23.9 Å². The summed E-state index contributed by atoms with van der Waals surface area (Å²) in [5.41, 5.74) is 6.13. The molecule has 0 spiro atoms. The molecule has 3 rings (SSSR count). The van der Waals surface area contributed by atoms with Gasteiger partial charge in [0.15, 0.2) is 0 Å². The first-order valence-corrected chi connectivity index (χ1v) is 8.38. The van der Waals surface area contributed by atoms with Crippen LogP contribution >= 0.6 is 0 Å². The van der Waals surface area contributed by atoms with Crippen LogP contribution in [0.4, 0.5) is 0 Å². The van der Waals surface area contributed by atoms with Crippen LogP contribution in [0.15, 0.2) is 47.6 Å². The van der Waals surface area contributed by atoms with Crippen molar-refractivity contribution in [3.8, 4) is 5.75 Å². The van der Waals surface area contributed by atoms with Gasteiger partial charge < -0.3 is 4.74 Å². The van der Waals surface area contributed by atoms with E-state index in [9.17, 15) is 4.79 Å². The summed E-state index contributed by atoms with van der Waals surface area (Å²) < 4.78 is 6.91. The zero-order chi connectivity index (χ0) is 18.7. The molecule has 0 aliphatic rings. The highest BCUT2D eigenvalue weighted by molar-refractivity contribution is 6.02. The highest BCUT2D eigenvalue weighted by Gasteiger charge is 2.07. The van der Waals surface area contributed by atoms with Gasteiger partial charge in [-0.2, -0.15) is 10.2 Å². The minimum absolute atomic E-state index is 0.147. The molecule has 1 N–H and O–H groups in total. The highest BCUT2D eigenvalue weighted by Crippen LogP contribution is 2.22. The maximum absolute atomic E-state index is 12.1. The van der Waals surface area contributed by atoms with Gasteiger partial charge in [0.05, 0.1) is 18.5 Å². The third-order valence-electron chi connectivity index (χ3n) is 4.21. The first-order chi connectivity index (χ1) is 12.5. The van der Waals surface area contributed by atoms with Crippen molar-refractivity contribution in [2.45, 2.75) is 27.3 Å². The molecule has 0 aliphatic carbocycles. The Hall–Kier alpha value is -3.15. The lowest BCUT2D eigenvalue weighted by Crippen LogP contribution is -2.25. The molecule has 0 unspecified atom stereocenters. The van der Waals surface area contributed by atoms with Crippen LogP contribution in [0.2, 0.25) is 0 Å². The third kappa shape index (κ3) is 3.91. The maximum atomic E-state index is 12.1. The molecule has 0 bridgehead atoms. The second-order valence-electron chi connectivity index (χ2n) is 6.24. The van der Waals surface area contributed by atoms with Gasteiger partial charge >= 0.3 is 0 Å². The summed E-state index contributed by atoms with van der Waals surface area (Å²) in [6, 6.07) is 13.9. The fourth-order valence-corrected chi connectivity index (χ4v) is 2.79. The maximum Gasteiger partial charge on any atom is 0.261 e. The van der Waals surface area contributed by atoms with E-state index < -0.39 is 0 Å². The molecule has 0 saturated heterocycles. The molecule has 2 aromatic carbocycles. The quantitative estimate of drug-likeness (QED) is 0.567. The molecule has 0 atom stereocenters. The second-order valence-corrected chi connectivity index (χ2v) is 6.24. The number of rotatable bonds is 5. The van der Waals surface area contributed by atoms with Crippen LogP contribution in [0.5, 0.6) is 5.75 Å². The van der Waals surface area contributed by atoms with Crippen LogP contribution < -0.4 is 10.2 Å². The lowest BCUT2D eigenvalue weighted by Gasteiger charge is -2.07. The van der Waals surface area contributed by atoms with E-state index in [0.29, 0.717) is 0 Å². The zero-order valence-electron chi connectivity index (χ0n) is 15.4. The summed E-state index contributed by atoms with van der Waals surface area (Å²) in [6.45, 7) is 5.84. The molecule has 0 aliphatic heterocycles. The number of fused-ring (bicyclic) bond motifs is 1. The van der Waals surface area contributed by atoms with Gasteiger partial charge in [-0.1, -0.05) is 18.2 Å². The molecular formula is C20H22N4O2. The smallest absolute Gasteiger partial charge is 0.261 e. The summed E-state index contributed by atoms with van der Waals surface area (Å²) in [7, 11) is 1.65. The largest absolute Gasteiger partial charge is 0.497 e. The van der Waals surface area contributed by atoms with Crippen molar-refractivity contribution in [3.63, 3.8) is 0 Å². The summed E-state index contributed by atoms with van der Waals surface area (Å²) in [4.78, 5) is 12.1. The Kier molecular flexibility index (Phi) is 5.02. The topological polar surface area (TPSA) is 68.5 Å². The summed E-state index contributed by atoms with van der Waals surface area (Å²) >= 11 is 0. The number of carbonyl (C=O) groups is 1. The number of hydrazone groups is 1. The third-order valence-corrected chi connectivity index (χ3v) is 4.21. The van der Waals surface area contributed by atoms with Gasteiger partial charge in [0, 0.05) is 5.69 Å². The van der Waals surface area contributed by atoms with Gasteiger partial charge in [0.1, 0.15) is 12.3 Å². The van der Waals surface area contributed by atoms with Crippen molar-refractivity contribution < 1.29 is 9.53 Å². The molecule has 3 aromatic rings. The molecule has 0 radical (unpaired) electrons. The van der Waals surface area contributed by atoms with E-state index in [1.165, 1.54) is 0 Å². The molecule has 26 heavy (non-hydrogen) atoms. The zero-order valence-corrected chi connectivity index (χ0v) is 15.4. The van der Waals surface area contributed by atoms with Crippen molar-refractivity contribution in [3.05, 3.63) is 59.4 Å². The second kappa shape index (κ2) is 7.39. The number of carbonyl (C=O) groups excluding carboxylic acids is 1. The van der Waals surface area contributed by atoms with Gasteiger partial charge in [-0.3, -0.25) is 9.48 Å². The van der Waals surface area contributed by atoms with Crippen LogP contribution in [-0.4, -0.2) is 28.5 Å². The predicted octanol–water partition coefficient (Wildman–Crippen LogP) is 3.20. The molecule has 134 valence electrons. The normalized spacial score (nSPS) is 11.6. The average molecular weight is 350 g/mol. The number of aryl methyl sites for hydroxylation is 2. The Morgan fingerprint density at radius 3 is 2.58 bits per heavy atom. The Balaban J connectivity index is 1.71. The average Bonchev–Trinajstić information content (AvgIpc) is 2.95. The minimum atomic E-state index is -0.207. The van der Waals surface area contributed by atoms with E-state index >= 15 is 0 Å². The monoisotopic (exact) mass is 350 g/mol. The summed E-state index contributed by atoms with van der Waals surface area (Å²) in [5, 5.41) is 10.7. The molecule has 0 saturated carbocycles. The van der Waals surface area contributed by atoms with E-state index in [1.54, 1.807) is 11.8 Å². The van der Waals surface area contributed by atoms with Crippen molar-refractivity contribution >= 4 is 22.4 Å². The molecule has 1 amide bonds. The van der Waals surface area contributed by atoms with Crippen molar-refractivity contribution in [2.24, 2.45) is 5.10 Å². The number of hydrogen-bond acceptors (Lipinski definition) is 4. The van der Waals surface area contributed by atoms with Gasteiger partial charge in [0.2, 0.25) is 0 Å². The van der Waals surface area contributed by atoms with E-state index in [4.69, 9.17) is 4.74 Å². The predicted molar refractivity (Wildman–Crippen MR) is 103 cm³/mol. The minimum Gasteiger partial charge on any atom is -0.497 e. The van der Waals surface area contributed by atoms with E-state index in [0.717, 1.165) is 39.2 Å². The van der Waals surface area contributed by atoms with Crippen LogP contribution in [0.3, 0.4) is 0 Å².